The number of pyridine rings is 1. The highest BCUT2D eigenvalue weighted by Crippen LogP contribution is 2.28. The Morgan fingerprint density at radius 2 is 2.29 bits per heavy atom. The summed E-state index contributed by atoms with van der Waals surface area (Å²) in [7, 11) is 0. The van der Waals surface area contributed by atoms with Gasteiger partial charge in [-0.05, 0) is 31.7 Å². The van der Waals surface area contributed by atoms with Gasteiger partial charge in [-0.25, -0.2) is 4.98 Å². The number of hydrogen-bond donors (Lipinski definition) is 2. The van der Waals surface area contributed by atoms with Gasteiger partial charge < -0.3 is 15.1 Å². The third-order valence-corrected chi connectivity index (χ3v) is 3.38. The first kappa shape index (κ1) is 12.3. The molecule has 0 spiro atoms. The monoisotopic (exact) mass is 236 g/mol. The van der Waals surface area contributed by atoms with Crippen molar-refractivity contribution in [1.29, 1.82) is 0 Å². The van der Waals surface area contributed by atoms with Gasteiger partial charge in [-0.15, -0.1) is 0 Å². The van der Waals surface area contributed by atoms with Crippen molar-refractivity contribution in [3.05, 3.63) is 23.9 Å². The highest BCUT2D eigenvalue weighted by Gasteiger charge is 2.26. The zero-order valence-electron chi connectivity index (χ0n) is 10.0. The van der Waals surface area contributed by atoms with E-state index >= 15 is 0 Å². The van der Waals surface area contributed by atoms with E-state index in [1.54, 1.807) is 6.20 Å². The lowest BCUT2D eigenvalue weighted by molar-refractivity contribution is 0.277. The molecule has 2 heterocycles. The average Bonchev–Trinajstić information content (AvgIpc) is 2.84. The molecule has 17 heavy (non-hydrogen) atoms. The quantitative estimate of drug-likeness (QED) is 0.809. The van der Waals surface area contributed by atoms with Gasteiger partial charge in [0.25, 0.3) is 0 Å². The third-order valence-electron chi connectivity index (χ3n) is 3.38. The molecule has 1 atom stereocenters. The molecule has 2 N–H and O–H groups in total. The van der Waals surface area contributed by atoms with Gasteiger partial charge in [0, 0.05) is 31.0 Å². The molecule has 1 saturated heterocycles. The Bertz CT molecular complexity index is 357. The van der Waals surface area contributed by atoms with Crippen molar-refractivity contribution < 1.29 is 10.2 Å². The highest BCUT2D eigenvalue weighted by atomic mass is 16.3. The van der Waals surface area contributed by atoms with Crippen LogP contribution in [0.15, 0.2) is 18.3 Å². The number of anilines is 1. The Morgan fingerprint density at radius 1 is 1.41 bits per heavy atom. The van der Waals surface area contributed by atoms with Crippen LogP contribution in [0.1, 0.15) is 31.2 Å². The lowest BCUT2D eigenvalue weighted by Gasteiger charge is -2.27. The number of aromatic nitrogens is 1. The lowest BCUT2D eigenvalue weighted by Crippen LogP contribution is -2.31. The van der Waals surface area contributed by atoms with Crippen LogP contribution in [-0.4, -0.2) is 34.4 Å². The molecule has 0 saturated carbocycles. The standard InChI is InChI=1S/C13H20N2O2/c16-9-3-6-12-5-2-8-15(12)13-11(10-17)4-1-7-14-13/h1,4,7,12,16-17H,2-3,5-6,8-10H2. The molecule has 0 radical (unpaired) electrons. The highest BCUT2D eigenvalue weighted by molar-refractivity contribution is 5.48. The summed E-state index contributed by atoms with van der Waals surface area (Å²) in [6.07, 6.45) is 5.93. The third kappa shape index (κ3) is 2.76. The lowest BCUT2D eigenvalue weighted by atomic mass is 10.1. The van der Waals surface area contributed by atoms with Gasteiger partial charge >= 0.3 is 0 Å². The van der Waals surface area contributed by atoms with E-state index in [0.717, 1.165) is 43.6 Å². The fourth-order valence-electron chi connectivity index (χ4n) is 2.55. The zero-order chi connectivity index (χ0) is 12.1. The molecule has 4 nitrogen and oxygen atoms in total. The van der Waals surface area contributed by atoms with Crippen molar-refractivity contribution in [3.63, 3.8) is 0 Å². The van der Waals surface area contributed by atoms with Gasteiger partial charge in [-0.1, -0.05) is 6.07 Å². The summed E-state index contributed by atoms with van der Waals surface area (Å²) in [5, 5.41) is 18.2. The predicted octanol–water partition coefficient (Wildman–Crippen LogP) is 1.32. The first-order chi connectivity index (χ1) is 8.36. The molecule has 2 rings (SSSR count). The molecule has 0 aliphatic carbocycles. The predicted molar refractivity (Wildman–Crippen MR) is 66.8 cm³/mol. The molecular formula is C13H20N2O2. The van der Waals surface area contributed by atoms with Crippen molar-refractivity contribution in [1.82, 2.24) is 4.98 Å². The molecule has 1 aliphatic rings. The Morgan fingerprint density at radius 3 is 3.06 bits per heavy atom. The van der Waals surface area contributed by atoms with Gasteiger partial charge in [0.15, 0.2) is 0 Å². The smallest absolute Gasteiger partial charge is 0.134 e. The van der Waals surface area contributed by atoms with Crippen molar-refractivity contribution in [2.24, 2.45) is 0 Å². The summed E-state index contributed by atoms with van der Waals surface area (Å²) in [5.74, 6) is 0.912. The summed E-state index contributed by atoms with van der Waals surface area (Å²) in [5.41, 5.74) is 0.892. The van der Waals surface area contributed by atoms with Crippen molar-refractivity contribution in [2.45, 2.75) is 38.3 Å². The molecule has 1 aliphatic heterocycles. The van der Waals surface area contributed by atoms with E-state index in [2.05, 4.69) is 9.88 Å². The minimum absolute atomic E-state index is 0.0341. The first-order valence-corrected chi connectivity index (χ1v) is 6.29. The van der Waals surface area contributed by atoms with Crippen LogP contribution in [0.4, 0.5) is 5.82 Å². The minimum atomic E-state index is 0.0341. The van der Waals surface area contributed by atoms with Crippen molar-refractivity contribution >= 4 is 5.82 Å². The van der Waals surface area contributed by atoms with Crippen LogP contribution in [0.5, 0.6) is 0 Å². The molecule has 94 valence electrons. The van der Waals surface area contributed by atoms with Crippen LogP contribution in [-0.2, 0) is 6.61 Å². The number of aliphatic hydroxyl groups excluding tert-OH is 2. The van der Waals surface area contributed by atoms with Crippen molar-refractivity contribution in [2.75, 3.05) is 18.1 Å². The summed E-state index contributed by atoms with van der Waals surface area (Å²) in [4.78, 5) is 6.67. The maximum atomic E-state index is 9.33. The van der Waals surface area contributed by atoms with E-state index in [1.165, 1.54) is 0 Å². The molecule has 0 bridgehead atoms. The van der Waals surface area contributed by atoms with Gasteiger partial charge in [-0.2, -0.15) is 0 Å². The molecule has 1 unspecified atom stereocenters. The average molecular weight is 236 g/mol. The number of nitrogens with zero attached hydrogens (tertiary/aromatic N) is 2. The van der Waals surface area contributed by atoms with Crippen LogP contribution in [0.2, 0.25) is 0 Å². The molecular weight excluding hydrogens is 216 g/mol. The second-order valence-corrected chi connectivity index (χ2v) is 4.50. The topological polar surface area (TPSA) is 56.6 Å². The molecule has 0 aromatic carbocycles. The Kier molecular flexibility index (Phi) is 4.34. The number of hydrogen-bond acceptors (Lipinski definition) is 4. The van der Waals surface area contributed by atoms with E-state index in [0.29, 0.717) is 6.04 Å². The van der Waals surface area contributed by atoms with Gasteiger partial charge in [0.05, 0.1) is 6.61 Å². The van der Waals surface area contributed by atoms with E-state index < -0.39 is 0 Å². The van der Waals surface area contributed by atoms with Gasteiger partial charge in [-0.3, -0.25) is 0 Å². The molecule has 1 aromatic heterocycles. The second kappa shape index (κ2) is 5.98. The molecule has 0 amide bonds. The first-order valence-electron chi connectivity index (χ1n) is 6.29. The van der Waals surface area contributed by atoms with E-state index in [-0.39, 0.29) is 13.2 Å². The van der Waals surface area contributed by atoms with Crippen LogP contribution >= 0.6 is 0 Å². The normalized spacial score (nSPS) is 19.9. The summed E-state index contributed by atoms with van der Waals surface area (Å²) in [6, 6.07) is 4.24. The SMILES string of the molecule is OCCCC1CCCN1c1ncccc1CO. The fraction of sp³-hybridized carbons (Fsp3) is 0.615. The van der Waals surface area contributed by atoms with Crippen LogP contribution in [0, 0.1) is 0 Å². The fourth-order valence-corrected chi connectivity index (χ4v) is 2.55. The van der Waals surface area contributed by atoms with E-state index in [4.69, 9.17) is 5.11 Å². The van der Waals surface area contributed by atoms with E-state index in [9.17, 15) is 5.11 Å². The Labute approximate surface area is 102 Å². The maximum Gasteiger partial charge on any atom is 0.134 e. The van der Waals surface area contributed by atoms with Gasteiger partial charge in [0.1, 0.15) is 5.82 Å². The molecule has 1 fully saturated rings. The second-order valence-electron chi connectivity index (χ2n) is 4.50. The van der Waals surface area contributed by atoms with Crippen LogP contribution in [0.25, 0.3) is 0 Å². The van der Waals surface area contributed by atoms with Crippen molar-refractivity contribution in [3.8, 4) is 0 Å². The van der Waals surface area contributed by atoms with Crippen LogP contribution in [0.3, 0.4) is 0 Å². The minimum Gasteiger partial charge on any atom is -0.396 e. The number of rotatable bonds is 5. The molecule has 1 aromatic rings. The Hall–Kier alpha value is -1.13. The number of aliphatic hydroxyl groups is 2. The van der Waals surface area contributed by atoms with E-state index in [1.807, 2.05) is 12.1 Å². The maximum absolute atomic E-state index is 9.33. The summed E-state index contributed by atoms with van der Waals surface area (Å²) >= 11 is 0. The van der Waals surface area contributed by atoms with Gasteiger partial charge in [0.2, 0.25) is 0 Å². The zero-order valence-corrected chi connectivity index (χ0v) is 10.0. The summed E-state index contributed by atoms with van der Waals surface area (Å²) < 4.78 is 0. The summed E-state index contributed by atoms with van der Waals surface area (Å²) in [6.45, 7) is 1.28. The largest absolute Gasteiger partial charge is 0.396 e. The molecule has 4 heteroatoms. The van der Waals surface area contributed by atoms with Crippen LogP contribution < -0.4 is 4.90 Å². The Balaban J connectivity index is 2.14.